The molecular formula is C16H16N2O. The molecule has 0 aliphatic heterocycles. The lowest BCUT2D eigenvalue weighted by Gasteiger charge is -2.09. The number of aromatic nitrogens is 1. The zero-order valence-corrected chi connectivity index (χ0v) is 10.8. The van der Waals surface area contributed by atoms with Gasteiger partial charge in [-0.2, -0.15) is 0 Å². The van der Waals surface area contributed by atoms with E-state index in [0.29, 0.717) is 0 Å². The Morgan fingerprint density at radius 3 is 2.58 bits per heavy atom. The molecule has 2 aromatic carbocycles. The minimum absolute atomic E-state index is 0.790. The van der Waals surface area contributed by atoms with E-state index in [1.54, 1.807) is 7.11 Å². The maximum Gasteiger partial charge on any atom is 0.143 e. The van der Waals surface area contributed by atoms with Gasteiger partial charge in [0.15, 0.2) is 0 Å². The number of hydrogen-bond acceptors (Lipinski definition) is 2. The number of anilines is 1. The van der Waals surface area contributed by atoms with E-state index in [9.17, 15) is 0 Å². The highest BCUT2D eigenvalue weighted by Gasteiger charge is 2.07. The molecule has 0 atom stereocenters. The summed E-state index contributed by atoms with van der Waals surface area (Å²) in [5.41, 5.74) is 8.85. The molecule has 1 heterocycles. The van der Waals surface area contributed by atoms with Crippen molar-refractivity contribution in [3.63, 3.8) is 0 Å². The summed E-state index contributed by atoms with van der Waals surface area (Å²) in [5, 5.41) is 1.19. The Morgan fingerprint density at radius 1 is 1.05 bits per heavy atom. The fraction of sp³-hybridized carbons (Fsp3) is 0.125. The second-order valence-corrected chi connectivity index (χ2v) is 4.58. The molecule has 0 fully saturated rings. The average molecular weight is 252 g/mol. The quantitative estimate of drug-likeness (QED) is 0.727. The second kappa shape index (κ2) is 4.69. The molecule has 1 aromatic heterocycles. The Bertz CT molecular complexity index is 698. The number of methoxy groups -OCH3 is 1. The Balaban J connectivity index is 2.03. The fourth-order valence-corrected chi connectivity index (χ4v) is 2.34. The number of nitrogens with zero attached hydrogens (tertiary/aromatic N) is 1. The average Bonchev–Trinajstić information content (AvgIpc) is 2.85. The number of hydrogen-bond donors (Lipinski definition) is 1. The van der Waals surface area contributed by atoms with Crippen LogP contribution in [0.3, 0.4) is 0 Å². The molecule has 0 bridgehead atoms. The smallest absolute Gasteiger partial charge is 0.143 e. The highest BCUT2D eigenvalue weighted by molar-refractivity contribution is 5.86. The third-order valence-corrected chi connectivity index (χ3v) is 3.30. The molecule has 3 heteroatoms. The molecule has 96 valence electrons. The van der Waals surface area contributed by atoms with E-state index in [-0.39, 0.29) is 0 Å². The van der Waals surface area contributed by atoms with Crippen molar-refractivity contribution in [2.45, 2.75) is 6.54 Å². The zero-order chi connectivity index (χ0) is 13.2. The lowest BCUT2D eigenvalue weighted by atomic mass is 10.2. The van der Waals surface area contributed by atoms with Gasteiger partial charge >= 0.3 is 0 Å². The van der Waals surface area contributed by atoms with Crippen LogP contribution in [0.4, 0.5) is 5.69 Å². The topological polar surface area (TPSA) is 40.2 Å². The molecule has 19 heavy (non-hydrogen) atoms. The van der Waals surface area contributed by atoms with Crippen LogP contribution in [0.5, 0.6) is 5.75 Å². The number of rotatable bonds is 3. The number of para-hydroxylation sites is 1. The van der Waals surface area contributed by atoms with E-state index in [2.05, 4.69) is 35.0 Å². The van der Waals surface area contributed by atoms with Gasteiger partial charge in [0.05, 0.1) is 12.6 Å². The van der Waals surface area contributed by atoms with Gasteiger partial charge in [0, 0.05) is 23.8 Å². The van der Waals surface area contributed by atoms with E-state index < -0.39 is 0 Å². The maximum absolute atomic E-state index is 5.71. The number of ether oxygens (including phenoxy) is 1. The van der Waals surface area contributed by atoms with E-state index >= 15 is 0 Å². The van der Waals surface area contributed by atoms with Crippen molar-refractivity contribution in [1.82, 2.24) is 4.57 Å². The van der Waals surface area contributed by atoms with E-state index in [1.807, 2.05) is 24.3 Å². The van der Waals surface area contributed by atoms with Gasteiger partial charge in [0.25, 0.3) is 0 Å². The summed E-state index contributed by atoms with van der Waals surface area (Å²) in [4.78, 5) is 0. The van der Waals surface area contributed by atoms with Gasteiger partial charge in [-0.15, -0.1) is 0 Å². The molecule has 0 saturated carbocycles. The van der Waals surface area contributed by atoms with Crippen molar-refractivity contribution in [2.24, 2.45) is 0 Å². The van der Waals surface area contributed by atoms with E-state index in [4.69, 9.17) is 10.5 Å². The minimum Gasteiger partial charge on any atom is -0.495 e. The second-order valence-electron chi connectivity index (χ2n) is 4.58. The lowest BCUT2D eigenvalue weighted by molar-refractivity contribution is 0.417. The third kappa shape index (κ3) is 2.15. The van der Waals surface area contributed by atoms with Crippen molar-refractivity contribution in [2.75, 3.05) is 12.8 Å². The molecule has 2 N–H and O–H groups in total. The predicted molar refractivity (Wildman–Crippen MR) is 78.4 cm³/mol. The summed E-state index contributed by atoms with van der Waals surface area (Å²) < 4.78 is 7.64. The van der Waals surface area contributed by atoms with E-state index in [0.717, 1.165) is 23.5 Å². The molecule has 3 aromatic rings. The number of benzene rings is 2. The standard InChI is InChI=1S/C16H16N2O/c1-19-15-4-2-3-13-9-10-18(16(13)15)11-12-5-7-14(17)8-6-12/h2-10H,11,17H2,1H3. The van der Waals surface area contributed by atoms with Gasteiger partial charge < -0.3 is 15.0 Å². The van der Waals surface area contributed by atoms with Crippen LogP contribution < -0.4 is 10.5 Å². The van der Waals surface area contributed by atoms with Crippen LogP contribution in [0.1, 0.15) is 5.56 Å². The molecule has 0 unspecified atom stereocenters. The minimum atomic E-state index is 0.790. The number of fused-ring (bicyclic) bond motifs is 1. The molecule has 0 aliphatic carbocycles. The lowest BCUT2D eigenvalue weighted by Crippen LogP contribution is -1.99. The van der Waals surface area contributed by atoms with Gasteiger partial charge in [-0.25, -0.2) is 0 Å². The molecule has 0 radical (unpaired) electrons. The fourth-order valence-electron chi connectivity index (χ4n) is 2.34. The molecule has 0 amide bonds. The van der Waals surface area contributed by atoms with Gasteiger partial charge in [0.1, 0.15) is 5.75 Å². The highest BCUT2D eigenvalue weighted by atomic mass is 16.5. The van der Waals surface area contributed by atoms with Crippen LogP contribution in [0, 0.1) is 0 Å². The maximum atomic E-state index is 5.71. The van der Waals surface area contributed by atoms with Gasteiger partial charge in [-0.1, -0.05) is 24.3 Å². The molecule has 3 nitrogen and oxygen atoms in total. The van der Waals surface area contributed by atoms with Crippen LogP contribution in [-0.4, -0.2) is 11.7 Å². The van der Waals surface area contributed by atoms with Crippen molar-refractivity contribution in [1.29, 1.82) is 0 Å². The van der Waals surface area contributed by atoms with Crippen LogP contribution in [0.2, 0.25) is 0 Å². The Morgan fingerprint density at radius 2 is 1.84 bits per heavy atom. The molecule has 0 aliphatic rings. The molecular weight excluding hydrogens is 236 g/mol. The largest absolute Gasteiger partial charge is 0.495 e. The van der Waals surface area contributed by atoms with Gasteiger partial charge in [-0.3, -0.25) is 0 Å². The number of nitrogens with two attached hydrogens (primary N) is 1. The van der Waals surface area contributed by atoms with Crippen LogP contribution >= 0.6 is 0 Å². The number of nitrogen functional groups attached to an aromatic ring is 1. The summed E-state index contributed by atoms with van der Waals surface area (Å²) in [6.07, 6.45) is 2.09. The van der Waals surface area contributed by atoms with Crippen molar-refractivity contribution in [3.05, 3.63) is 60.3 Å². The van der Waals surface area contributed by atoms with Crippen molar-refractivity contribution < 1.29 is 4.74 Å². The molecule has 0 spiro atoms. The van der Waals surface area contributed by atoms with Crippen LogP contribution in [0.25, 0.3) is 10.9 Å². The molecule has 3 rings (SSSR count). The molecule has 0 saturated heterocycles. The Hall–Kier alpha value is -2.42. The van der Waals surface area contributed by atoms with Crippen LogP contribution in [0.15, 0.2) is 54.7 Å². The normalized spacial score (nSPS) is 10.8. The first-order valence-electron chi connectivity index (χ1n) is 6.24. The highest BCUT2D eigenvalue weighted by Crippen LogP contribution is 2.27. The summed E-state index contributed by atoms with van der Waals surface area (Å²) in [6, 6.07) is 16.2. The monoisotopic (exact) mass is 252 g/mol. The SMILES string of the molecule is COc1cccc2ccn(Cc3ccc(N)cc3)c12. The van der Waals surface area contributed by atoms with E-state index in [1.165, 1.54) is 10.9 Å². The summed E-state index contributed by atoms with van der Waals surface area (Å²) in [6.45, 7) is 0.810. The first kappa shape index (κ1) is 11.7. The Labute approximate surface area is 112 Å². The summed E-state index contributed by atoms with van der Waals surface area (Å²) in [5.74, 6) is 0.901. The van der Waals surface area contributed by atoms with Crippen LogP contribution in [-0.2, 0) is 6.54 Å². The third-order valence-electron chi connectivity index (χ3n) is 3.30. The van der Waals surface area contributed by atoms with Crippen molar-refractivity contribution in [3.8, 4) is 5.75 Å². The summed E-state index contributed by atoms with van der Waals surface area (Å²) >= 11 is 0. The predicted octanol–water partition coefficient (Wildman–Crippen LogP) is 3.28. The first-order valence-corrected chi connectivity index (χ1v) is 6.24. The van der Waals surface area contributed by atoms with Crippen molar-refractivity contribution >= 4 is 16.6 Å². The zero-order valence-electron chi connectivity index (χ0n) is 10.8. The Kier molecular flexibility index (Phi) is 2.88. The van der Waals surface area contributed by atoms with Gasteiger partial charge in [-0.05, 0) is 29.8 Å². The summed E-state index contributed by atoms with van der Waals surface area (Å²) in [7, 11) is 1.70. The van der Waals surface area contributed by atoms with Gasteiger partial charge in [0.2, 0.25) is 0 Å². The first-order chi connectivity index (χ1) is 9.28.